The second-order valence-electron chi connectivity index (χ2n) is 14.8. The van der Waals surface area contributed by atoms with Gasteiger partial charge in [-0.1, -0.05) is 51.1 Å². The molecule has 0 aromatic heterocycles. The Morgan fingerprint density at radius 2 is 1.64 bits per heavy atom. The molecular formula is C33H49ClN4O4. The molecular weight excluding hydrogens is 552 g/mol. The van der Waals surface area contributed by atoms with E-state index in [1.165, 1.54) is 10.5 Å². The Labute approximate surface area is 257 Å². The molecule has 0 radical (unpaired) electrons. The first kappa shape index (κ1) is 31.3. The number of carbonyl (C=O) groups is 3. The van der Waals surface area contributed by atoms with Crippen LogP contribution in [0.3, 0.4) is 0 Å². The molecule has 2 bridgehead atoms. The number of halogens is 1. The average molecular weight is 601 g/mol. The van der Waals surface area contributed by atoms with Gasteiger partial charge >= 0.3 is 6.03 Å². The van der Waals surface area contributed by atoms with Crippen molar-refractivity contribution in [3.8, 4) is 0 Å². The van der Waals surface area contributed by atoms with Crippen LogP contribution in [-0.4, -0.2) is 100.0 Å². The van der Waals surface area contributed by atoms with E-state index in [0.29, 0.717) is 44.2 Å². The van der Waals surface area contributed by atoms with Crippen LogP contribution in [0.2, 0.25) is 0 Å². The molecule has 0 saturated carbocycles. The van der Waals surface area contributed by atoms with Gasteiger partial charge in [-0.2, -0.15) is 0 Å². The number of carbonyl (C=O) groups excluding carboxylic acids is 3. The second-order valence-corrected chi connectivity index (χ2v) is 14.8. The van der Waals surface area contributed by atoms with Crippen molar-refractivity contribution in [2.45, 2.75) is 109 Å². The summed E-state index contributed by atoms with van der Waals surface area (Å²) >= 11 is 0. The van der Waals surface area contributed by atoms with E-state index in [1.54, 1.807) is 0 Å². The Bertz CT molecular complexity index is 1150. The molecule has 42 heavy (non-hydrogen) atoms. The van der Waals surface area contributed by atoms with Crippen molar-refractivity contribution in [1.82, 2.24) is 19.6 Å². The van der Waals surface area contributed by atoms with Crippen LogP contribution in [0.4, 0.5) is 4.79 Å². The molecule has 3 unspecified atom stereocenters. The fourth-order valence-corrected chi connectivity index (χ4v) is 8.42. The van der Waals surface area contributed by atoms with E-state index in [0.717, 1.165) is 38.9 Å². The van der Waals surface area contributed by atoms with Crippen molar-refractivity contribution in [3.05, 3.63) is 35.9 Å². The van der Waals surface area contributed by atoms with E-state index in [4.69, 9.17) is 4.74 Å². The third kappa shape index (κ3) is 5.59. The third-order valence-corrected chi connectivity index (χ3v) is 10.3. The molecule has 0 N–H and O–H groups in total. The average Bonchev–Trinajstić information content (AvgIpc) is 3.46. The normalized spacial score (nSPS) is 33.1. The first-order valence-corrected chi connectivity index (χ1v) is 15.8. The monoisotopic (exact) mass is 600 g/mol. The number of hydrogen-bond donors (Lipinski definition) is 0. The highest BCUT2D eigenvalue weighted by atomic mass is 35.5. The molecule has 6 rings (SSSR count). The summed E-state index contributed by atoms with van der Waals surface area (Å²) in [7, 11) is 0. The minimum Gasteiger partial charge on any atom is -0.376 e. The number of piperidine rings is 1. The maximum atomic E-state index is 14.1. The Morgan fingerprint density at radius 3 is 2.19 bits per heavy atom. The molecule has 5 aliphatic heterocycles. The molecule has 5 atom stereocenters. The molecule has 1 aromatic carbocycles. The zero-order chi connectivity index (χ0) is 29.1. The predicted octanol–water partition coefficient (Wildman–Crippen LogP) is 4.91. The molecule has 5 saturated heterocycles. The second kappa shape index (κ2) is 11.7. The van der Waals surface area contributed by atoms with Gasteiger partial charge in [0.25, 0.3) is 5.91 Å². The van der Waals surface area contributed by atoms with Crippen molar-refractivity contribution >= 4 is 30.3 Å². The Morgan fingerprint density at radius 1 is 1.00 bits per heavy atom. The van der Waals surface area contributed by atoms with Gasteiger partial charge in [0, 0.05) is 56.7 Å². The summed E-state index contributed by atoms with van der Waals surface area (Å²) in [6, 6.07) is 11.0. The van der Waals surface area contributed by atoms with Gasteiger partial charge in [-0.3, -0.25) is 19.4 Å². The van der Waals surface area contributed by atoms with Crippen molar-refractivity contribution in [1.29, 1.82) is 0 Å². The highest BCUT2D eigenvalue weighted by Crippen LogP contribution is 2.49. The fourth-order valence-electron chi connectivity index (χ4n) is 8.42. The van der Waals surface area contributed by atoms with Gasteiger partial charge in [-0.25, -0.2) is 4.79 Å². The van der Waals surface area contributed by atoms with Crippen LogP contribution in [0, 0.1) is 11.3 Å². The van der Waals surface area contributed by atoms with Crippen molar-refractivity contribution in [3.63, 3.8) is 0 Å². The van der Waals surface area contributed by atoms with Crippen LogP contribution in [0.15, 0.2) is 30.3 Å². The zero-order valence-corrected chi connectivity index (χ0v) is 26.8. The van der Waals surface area contributed by atoms with Gasteiger partial charge in [0.1, 0.15) is 5.54 Å². The van der Waals surface area contributed by atoms with E-state index >= 15 is 0 Å². The summed E-state index contributed by atoms with van der Waals surface area (Å²) < 4.78 is 5.60. The number of rotatable bonds is 7. The SMILES string of the molecule is CC(C)N1C(=O)N(CC2CCO2)C(=O)C12CC1CCC(C2)N1C[C@H]1CN(C(=O)CC(C)(C)C)C[C@@H]1c1ccccc1.Cl. The zero-order valence-electron chi connectivity index (χ0n) is 26.0. The van der Waals surface area contributed by atoms with Gasteiger partial charge in [-0.15, -0.1) is 12.4 Å². The summed E-state index contributed by atoms with van der Waals surface area (Å²) in [6.45, 7) is 14.0. The van der Waals surface area contributed by atoms with Crippen LogP contribution < -0.4 is 0 Å². The van der Waals surface area contributed by atoms with E-state index in [9.17, 15) is 14.4 Å². The van der Waals surface area contributed by atoms with Crippen LogP contribution in [-0.2, 0) is 14.3 Å². The smallest absolute Gasteiger partial charge is 0.327 e. The lowest BCUT2D eigenvalue weighted by atomic mass is 9.79. The molecule has 8 nitrogen and oxygen atoms in total. The number of nitrogens with zero attached hydrogens (tertiary/aromatic N) is 4. The molecule has 9 heteroatoms. The van der Waals surface area contributed by atoms with Gasteiger partial charge in [-0.05, 0) is 62.8 Å². The van der Waals surface area contributed by atoms with Gasteiger partial charge in [0.15, 0.2) is 0 Å². The summed E-state index contributed by atoms with van der Waals surface area (Å²) in [5.74, 6) is 0.882. The van der Waals surface area contributed by atoms with Crippen molar-refractivity contribution in [2.75, 3.05) is 32.8 Å². The number of likely N-dealkylation sites (tertiary alicyclic amines) is 1. The highest BCUT2D eigenvalue weighted by Gasteiger charge is 2.63. The van der Waals surface area contributed by atoms with Crippen molar-refractivity contribution < 1.29 is 19.1 Å². The molecule has 4 amide bonds. The number of amides is 4. The largest absolute Gasteiger partial charge is 0.376 e. The van der Waals surface area contributed by atoms with E-state index in [1.807, 2.05) is 18.7 Å². The quantitative estimate of drug-likeness (QED) is 0.416. The Kier molecular flexibility index (Phi) is 8.74. The predicted molar refractivity (Wildman–Crippen MR) is 164 cm³/mol. The summed E-state index contributed by atoms with van der Waals surface area (Å²) in [4.78, 5) is 49.2. The third-order valence-electron chi connectivity index (χ3n) is 10.3. The van der Waals surface area contributed by atoms with Gasteiger partial charge < -0.3 is 14.5 Å². The number of benzene rings is 1. The summed E-state index contributed by atoms with van der Waals surface area (Å²) in [6.07, 6.45) is 4.95. The highest BCUT2D eigenvalue weighted by molar-refractivity contribution is 6.07. The topological polar surface area (TPSA) is 73.4 Å². The lowest BCUT2D eigenvalue weighted by Gasteiger charge is -2.48. The number of imide groups is 1. The lowest BCUT2D eigenvalue weighted by Crippen LogP contribution is -2.62. The van der Waals surface area contributed by atoms with Crippen LogP contribution in [0.5, 0.6) is 0 Å². The molecule has 5 heterocycles. The first-order chi connectivity index (χ1) is 19.5. The molecule has 1 aromatic rings. The van der Waals surface area contributed by atoms with E-state index in [2.05, 4.69) is 60.9 Å². The minimum atomic E-state index is -0.749. The Balaban J connectivity index is 0.00000353. The Hall–Kier alpha value is -2.16. The van der Waals surface area contributed by atoms with Crippen molar-refractivity contribution in [2.24, 2.45) is 11.3 Å². The number of fused-ring (bicyclic) bond motifs is 2. The van der Waals surface area contributed by atoms with Crippen LogP contribution >= 0.6 is 12.4 Å². The molecule has 1 spiro atoms. The molecule has 232 valence electrons. The number of urea groups is 1. The number of ether oxygens (including phenoxy) is 1. The van der Waals surface area contributed by atoms with E-state index in [-0.39, 0.29) is 59.9 Å². The first-order valence-electron chi connectivity index (χ1n) is 15.8. The van der Waals surface area contributed by atoms with Gasteiger partial charge in [0.2, 0.25) is 5.91 Å². The van der Waals surface area contributed by atoms with Crippen LogP contribution in [0.25, 0.3) is 0 Å². The maximum absolute atomic E-state index is 14.1. The van der Waals surface area contributed by atoms with E-state index < -0.39 is 5.54 Å². The summed E-state index contributed by atoms with van der Waals surface area (Å²) in [5.41, 5.74) is 0.519. The standard InChI is InChI=1S/C33H48N4O4.ClH/c1-22(2)37-31(40)36(20-27-13-14-41-27)30(39)33(37)15-25-11-12-26(16-33)35(25)19-24-18-34(29(38)17-32(3,4)5)21-28(24)23-9-7-6-8-10-23;/h6-10,22,24-28H,11-21H2,1-5H3;1H/t24-,25?,26?,27?,28-,33?;/m1./s1. The minimum absolute atomic E-state index is 0. The van der Waals surface area contributed by atoms with Crippen LogP contribution in [0.1, 0.15) is 84.6 Å². The maximum Gasteiger partial charge on any atom is 0.327 e. The fraction of sp³-hybridized carbons (Fsp3) is 0.727. The lowest BCUT2D eigenvalue weighted by molar-refractivity contribution is -0.141. The number of hydrogen-bond acceptors (Lipinski definition) is 5. The molecule has 5 fully saturated rings. The van der Waals surface area contributed by atoms with Gasteiger partial charge in [0.05, 0.1) is 12.6 Å². The molecule has 0 aliphatic carbocycles. The summed E-state index contributed by atoms with van der Waals surface area (Å²) in [5, 5.41) is 0. The molecule has 5 aliphatic rings.